The van der Waals surface area contributed by atoms with Crippen LogP contribution in [0.5, 0.6) is 0 Å². The number of imide groups is 1. The summed E-state index contributed by atoms with van der Waals surface area (Å²) in [5, 5.41) is 5.81. The number of carbonyl (C=O) groups excluding carboxylic acids is 3. The van der Waals surface area contributed by atoms with Crippen LogP contribution in [0, 0.1) is 11.8 Å². The fraction of sp³-hybridized carbons (Fsp3) is 0.786. The number of fused-ring (bicyclic) bond motifs is 1. The highest BCUT2D eigenvalue weighted by Crippen LogP contribution is 2.37. The molecule has 0 bridgehead atoms. The van der Waals surface area contributed by atoms with Crippen LogP contribution >= 0.6 is 12.4 Å². The second-order valence-corrected chi connectivity index (χ2v) is 5.46. The van der Waals surface area contributed by atoms with E-state index in [1.165, 1.54) is 0 Å². The van der Waals surface area contributed by atoms with Crippen molar-refractivity contribution in [1.29, 1.82) is 0 Å². The Morgan fingerprint density at radius 3 is 2.24 bits per heavy atom. The van der Waals surface area contributed by atoms with Crippen LogP contribution in [0.25, 0.3) is 0 Å². The first kappa shape index (κ1) is 17.9. The SMILES string of the molecule is CCNCCNC(=O)CN1C(=O)C2CCCCC2C1=O.Cl. The molecule has 2 rings (SSSR count). The minimum absolute atomic E-state index is 0. The molecule has 3 amide bonds. The molecule has 0 aromatic carbocycles. The lowest BCUT2D eigenvalue weighted by Crippen LogP contribution is -2.42. The molecule has 7 heteroatoms. The summed E-state index contributed by atoms with van der Waals surface area (Å²) in [6.45, 7) is 3.91. The molecular formula is C14H24ClN3O3. The summed E-state index contributed by atoms with van der Waals surface area (Å²) in [7, 11) is 0. The number of hydrogen-bond acceptors (Lipinski definition) is 4. The highest BCUT2D eigenvalue weighted by molar-refractivity contribution is 6.07. The first-order valence-corrected chi connectivity index (χ1v) is 7.47. The van der Waals surface area contributed by atoms with Crippen LogP contribution in [0.2, 0.25) is 0 Å². The summed E-state index contributed by atoms with van der Waals surface area (Å²) in [5.41, 5.74) is 0. The number of nitrogens with zero attached hydrogens (tertiary/aromatic N) is 1. The predicted molar refractivity (Wildman–Crippen MR) is 81.0 cm³/mol. The van der Waals surface area contributed by atoms with Crippen molar-refractivity contribution in [3.05, 3.63) is 0 Å². The molecule has 0 aromatic heterocycles. The van der Waals surface area contributed by atoms with E-state index in [1.54, 1.807) is 0 Å². The lowest BCUT2D eigenvalue weighted by Gasteiger charge is -2.19. The number of likely N-dealkylation sites (N-methyl/N-ethyl adjacent to an activating group) is 1. The van der Waals surface area contributed by atoms with Gasteiger partial charge in [0.05, 0.1) is 11.8 Å². The molecule has 2 aliphatic rings. The van der Waals surface area contributed by atoms with E-state index in [0.717, 1.165) is 37.1 Å². The van der Waals surface area contributed by atoms with Crippen molar-refractivity contribution in [3.63, 3.8) is 0 Å². The molecule has 1 saturated heterocycles. The lowest BCUT2D eigenvalue weighted by molar-refractivity contribution is -0.143. The summed E-state index contributed by atoms with van der Waals surface area (Å²) >= 11 is 0. The Morgan fingerprint density at radius 1 is 1.14 bits per heavy atom. The Hall–Kier alpha value is -1.14. The van der Waals surface area contributed by atoms with Gasteiger partial charge in [0.2, 0.25) is 17.7 Å². The quantitative estimate of drug-likeness (QED) is 0.546. The summed E-state index contributed by atoms with van der Waals surface area (Å²) in [4.78, 5) is 37.3. The van der Waals surface area contributed by atoms with Crippen LogP contribution in [0.4, 0.5) is 0 Å². The first-order valence-electron chi connectivity index (χ1n) is 7.47. The lowest BCUT2D eigenvalue weighted by atomic mass is 9.81. The van der Waals surface area contributed by atoms with Crippen LogP contribution in [-0.4, -0.2) is 48.8 Å². The number of carbonyl (C=O) groups is 3. The Bertz CT molecular complexity index is 379. The van der Waals surface area contributed by atoms with Gasteiger partial charge in [0.15, 0.2) is 0 Å². The fourth-order valence-corrected chi connectivity index (χ4v) is 3.05. The van der Waals surface area contributed by atoms with Gasteiger partial charge in [-0.25, -0.2) is 0 Å². The number of rotatable bonds is 6. The molecule has 1 saturated carbocycles. The molecule has 2 unspecified atom stereocenters. The molecule has 2 atom stereocenters. The second kappa shape index (κ2) is 8.34. The maximum absolute atomic E-state index is 12.2. The molecule has 120 valence electrons. The number of amides is 3. The zero-order valence-corrected chi connectivity index (χ0v) is 13.2. The summed E-state index contributed by atoms with van der Waals surface area (Å²) in [6, 6.07) is 0. The zero-order chi connectivity index (χ0) is 14.5. The van der Waals surface area contributed by atoms with Crippen molar-refractivity contribution in [1.82, 2.24) is 15.5 Å². The molecule has 1 heterocycles. The van der Waals surface area contributed by atoms with E-state index in [4.69, 9.17) is 0 Å². The Kier molecular flexibility index (Phi) is 7.11. The molecule has 1 aliphatic carbocycles. The van der Waals surface area contributed by atoms with Gasteiger partial charge in [-0.15, -0.1) is 12.4 Å². The Balaban J connectivity index is 0.00000220. The van der Waals surface area contributed by atoms with Gasteiger partial charge in [0.25, 0.3) is 0 Å². The second-order valence-electron chi connectivity index (χ2n) is 5.46. The molecule has 0 aromatic rings. The highest BCUT2D eigenvalue weighted by Gasteiger charge is 2.48. The standard InChI is InChI=1S/C14H23N3O3.ClH/c1-2-15-7-8-16-12(18)9-17-13(19)10-5-3-4-6-11(10)14(17)20;/h10-11,15H,2-9H2,1H3,(H,16,18);1H. The van der Waals surface area contributed by atoms with Gasteiger partial charge in [-0.05, 0) is 19.4 Å². The molecular weight excluding hydrogens is 294 g/mol. The smallest absolute Gasteiger partial charge is 0.240 e. The van der Waals surface area contributed by atoms with Crippen LogP contribution < -0.4 is 10.6 Å². The minimum atomic E-state index is -0.261. The van der Waals surface area contributed by atoms with Gasteiger partial charge in [-0.3, -0.25) is 19.3 Å². The van der Waals surface area contributed by atoms with Gasteiger partial charge in [-0.1, -0.05) is 19.8 Å². The normalized spacial score (nSPS) is 24.5. The van der Waals surface area contributed by atoms with Crippen molar-refractivity contribution >= 4 is 30.1 Å². The average molecular weight is 318 g/mol. The molecule has 1 aliphatic heterocycles. The highest BCUT2D eigenvalue weighted by atomic mass is 35.5. The van der Waals surface area contributed by atoms with E-state index in [-0.39, 0.29) is 48.5 Å². The molecule has 6 nitrogen and oxygen atoms in total. The van der Waals surface area contributed by atoms with Gasteiger partial charge < -0.3 is 10.6 Å². The predicted octanol–water partition coefficient (Wildman–Crippen LogP) is 0.309. The molecule has 2 fully saturated rings. The Morgan fingerprint density at radius 2 is 1.71 bits per heavy atom. The van der Waals surface area contributed by atoms with Gasteiger partial charge >= 0.3 is 0 Å². The zero-order valence-electron chi connectivity index (χ0n) is 12.4. The summed E-state index contributed by atoms with van der Waals surface area (Å²) < 4.78 is 0. The van der Waals surface area contributed by atoms with E-state index in [9.17, 15) is 14.4 Å². The van der Waals surface area contributed by atoms with Crippen LogP contribution in [-0.2, 0) is 14.4 Å². The largest absolute Gasteiger partial charge is 0.353 e. The number of nitrogens with one attached hydrogen (secondary N) is 2. The maximum Gasteiger partial charge on any atom is 0.240 e. The van der Waals surface area contributed by atoms with Crippen LogP contribution in [0.1, 0.15) is 32.6 Å². The Labute approximate surface area is 131 Å². The molecule has 21 heavy (non-hydrogen) atoms. The third kappa shape index (κ3) is 4.17. The monoisotopic (exact) mass is 317 g/mol. The van der Waals surface area contributed by atoms with E-state index in [0.29, 0.717) is 13.1 Å². The molecule has 0 spiro atoms. The van der Waals surface area contributed by atoms with Gasteiger partial charge in [-0.2, -0.15) is 0 Å². The third-order valence-corrected chi connectivity index (χ3v) is 4.11. The van der Waals surface area contributed by atoms with Crippen molar-refractivity contribution in [2.24, 2.45) is 11.8 Å². The van der Waals surface area contributed by atoms with Gasteiger partial charge in [0.1, 0.15) is 6.54 Å². The van der Waals surface area contributed by atoms with Crippen molar-refractivity contribution in [2.45, 2.75) is 32.6 Å². The topological polar surface area (TPSA) is 78.5 Å². The van der Waals surface area contributed by atoms with Crippen LogP contribution in [0.15, 0.2) is 0 Å². The molecule has 2 N–H and O–H groups in total. The van der Waals surface area contributed by atoms with Crippen LogP contribution in [0.3, 0.4) is 0 Å². The van der Waals surface area contributed by atoms with E-state index >= 15 is 0 Å². The fourth-order valence-electron chi connectivity index (χ4n) is 3.05. The third-order valence-electron chi connectivity index (χ3n) is 4.11. The van der Waals surface area contributed by atoms with Crippen molar-refractivity contribution in [2.75, 3.05) is 26.2 Å². The van der Waals surface area contributed by atoms with Gasteiger partial charge in [0, 0.05) is 13.1 Å². The number of likely N-dealkylation sites (tertiary alicyclic amines) is 1. The van der Waals surface area contributed by atoms with Crippen molar-refractivity contribution in [3.8, 4) is 0 Å². The number of halogens is 1. The summed E-state index contributed by atoms with van der Waals surface area (Å²) in [6.07, 6.45) is 3.58. The van der Waals surface area contributed by atoms with E-state index in [2.05, 4.69) is 10.6 Å². The molecule has 0 radical (unpaired) electrons. The van der Waals surface area contributed by atoms with Crippen molar-refractivity contribution < 1.29 is 14.4 Å². The summed E-state index contributed by atoms with van der Waals surface area (Å²) in [5.74, 6) is -0.914. The van der Waals surface area contributed by atoms with E-state index < -0.39 is 0 Å². The number of hydrogen-bond donors (Lipinski definition) is 2. The minimum Gasteiger partial charge on any atom is -0.353 e. The average Bonchev–Trinajstić information content (AvgIpc) is 2.69. The first-order chi connectivity index (χ1) is 9.65. The maximum atomic E-state index is 12.2. The van der Waals surface area contributed by atoms with E-state index in [1.807, 2.05) is 6.92 Å².